The molecule has 0 aliphatic carbocycles. The van der Waals surface area contributed by atoms with Gasteiger partial charge in [0, 0.05) is 6.42 Å². The molecule has 94 valence electrons. The molecule has 1 amide bonds. The smallest absolute Gasteiger partial charge is 0.217 e. The Bertz CT molecular complexity index is 386. The Morgan fingerprint density at radius 3 is 2.71 bits per heavy atom. The summed E-state index contributed by atoms with van der Waals surface area (Å²) in [6, 6.07) is 6.23. The zero-order valence-corrected chi connectivity index (χ0v) is 10.8. The number of amides is 1. The van der Waals surface area contributed by atoms with Crippen LogP contribution in [-0.4, -0.2) is 12.5 Å². The van der Waals surface area contributed by atoms with Gasteiger partial charge in [-0.3, -0.25) is 4.79 Å². The van der Waals surface area contributed by atoms with Crippen molar-refractivity contribution in [2.45, 2.75) is 39.5 Å². The molecule has 0 saturated carbocycles. The summed E-state index contributed by atoms with van der Waals surface area (Å²) in [5, 5.41) is 0. The Hall–Kier alpha value is -1.51. The number of carbonyl (C=O) groups excluding carboxylic acids is 1. The predicted molar refractivity (Wildman–Crippen MR) is 69.2 cm³/mol. The van der Waals surface area contributed by atoms with Gasteiger partial charge in [-0.25, -0.2) is 0 Å². The van der Waals surface area contributed by atoms with Gasteiger partial charge >= 0.3 is 0 Å². The number of hydrogen-bond acceptors (Lipinski definition) is 2. The number of nitrogens with two attached hydrogens (primary N) is 1. The zero-order chi connectivity index (χ0) is 12.8. The maximum atomic E-state index is 10.6. The molecule has 3 nitrogen and oxygen atoms in total. The molecule has 0 fully saturated rings. The average molecular weight is 235 g/mol. The number of carbonyl (C=O) groups is 1. The van der Waals surface area contributed by atoms with Crippen molar-refractivity contribution in [3.8, 4) is 5.75 Å². The van der Waals surface area contributed by atoms with E-state index in [9.17, 15) is 4.79 Å². The average Bonchev–Trinajstić information content (AvgIpc) is 2.23. The second-order valence-corrected chi connectivity index (χ2v) is 4.61. The lowest BCUT2D eigenvalue weighted by molar-refractivity contribution is -0.118. The molecule has 0 aliphatic rings. The summed E-state index contributed by atoms with van der Waals surface area (Å²) in [6.45, 7) is 6.86. The third-order valence-corrected chi connectivity index (χ3v) is 2.62. The van der Waals surface area contributed by atoms with Gasteiger partial charge in [0.2, 0.25) is 5.91 Å². The monoisotopic (exact) mass is 235 g/mol. The summed E-state index contributed by atoms with van der Waals surface area (Å²) in [4.78, 5) is 10.6. The van der Waals surface area contributed by atoms with Crippen molar-refractivity contribution in [2.75, 3.05) is 6.61 Å². The van der Waals surface area contributed by atoms with E-state index in [-0.39, 0.29) is 5.91 Å². The van der Waals surface area contributed by atoms with Gasteiger partial charge in [0.1, 0.15) is 5.75 Å². The fraction of sp³-hybridized carbons (Fsp3) is 0.500. The quantitative estimate of drug-likeness (QED) is 0.771. The van der Waals surface area contributed by atoms with Crippen LogP contribution in [-0.2, 0) is 4.79 Å². The van der Waals surface area contributed by atoms with Crippen molar-refractivity contribution in [2.24, 2.45) is 5.73 Å². The number of primary amides is 1. The zero-order valence-electron chi connectivity index (χ0n) is 10.8. The Morgan fingerprint density at radius 2 is 2.12 bits per heavy atom. The first-order valence-corrected chi connectivity index (χ1v) is 6.02. The molecule has 0 aliphatic heterocycles. The normalized spacial score (nSPS) is 10.6. The van der Waals surface area contributed by atoms with E-state index in [4.69, 9.17) is 10.5 Å². The Kier molecular flexibility index (Phi) is 5.01. The largest absolute Gasteiger partial charge is 0.493 e. The molecule has 0 aromatic heterocycles. The van der Waals surface area contributed by atoms with Crippen LogP contribution in [0.15, 0.2) is 18.2 Å². The van der Waals surface area contributed by atoms with Crippen LogP contribution in [0.25, 0.3) is 0 Å². The van der Waals surface area contributed by atoms with Gasteiger partial charge in [-0.1, -0.05) is 26.0 Å². The fourth-order valence-electron chi connectivity index (χ4n) is 1.67. The molecule has 17 heavy (non-hydrogen) atoms. The van der Waals surface area contributed by atoms with Gasteiger partial charge < -0.3 is 10.5 Å². The van der Waals surface area contributed by atoms with Crippen molar-refractivity contribution >= 4 is 5.91 Å². The fourth-order valence-corrected chi connectivity index (χ4v) is 1.67. The number of hydrogen-bond donors (Lipinski definition) is 1. The van der Waals surface area contributed by atoms with Crippen LogP contribution in [0.2, 0.25) is 0 Å². The Balaban J connectivity index is 2.62. The molecule has 0 bridgehead atoms. The molecule has 1 rings (SSSR count). The highest BCUT2D eigenvalue weighted by atomic mass is 16.5. The number of rotatable bonds is 6. The summed E-state index contributed by atoms with van der Waals surface area (Å²) in [6.07, 6.45) is 1.05. The molecule has 1 aromatic rings. The van der Waals surface area contributed by atoms with Crippen LogP contribution in [0.5, 0.6) is 5.75 Å². The molecular weight excluding hydrogens is 214 g/mol. The highest BCUT2D eigenvalue weighted by molar-refractivity contribution is 5.73. The molecule has 3 heteroatoms. The highest BCUT2D eigenvalue weighted by Crippen LogP contribution is 2.27. The van der Waals surface area contributed by atoms with Crippen LogP contribution in [0, 0.1) is 6.92 Å². The summed E-state index contributed by atoms with van der Waals surface area (Å²) in [5.41, 5.74) is 7.46. The third kappa shape index (κ3) is 4.47. The lowest BCUT2D eigenvalue weighted by atomic mass is 10.0. The van der Waals surface area contributed by atoms with Crippen LogP contribution >= 0.6 is 0 Å². The van der Waals surface area contributed by atoms with Gasteiger partial charge in [-0.2, -0.15) is 0 Å². The highest BCUT2D eigenvalue weighted by Gasteiger charge is 2.08. The van der Waals surface area contributed by atoms with E-state index in [1.54, 1.807) is 0 Å². The standard InChI is InChI=1S/C14H21NO2/c1-10(2)12-7-6-11(3)9-13(12)17-8-4-5-14(15)16/h6-7,9-10H,4-5,8H2,1-3H3,(H2,15,16). The lowest BCUT2D eigenvalue weighted by Crippen LogP contribution is -2.12. The molecular formula is C14H21NO2. The molecule has 1 aromatic carbocycles. The van der Waals surface area contributed by atoms with E-state index >= 15 is 0 Å². The minimum atomic E-state index is -0.276. The van der Waals surface area contributed by atoms with Crippen LogP contribution in [0.1, 0.15) is 43.7 Å². The SMILES string of the molecule is Cc1ccc(C(C)C)c(OCCCC(N)=O)c1. The van der Waals surface area contributed by atoms with Gasteiger partial charge in [0.05, 0.1) is 6.61 Å². The van der Waals surface area contributed by atoms with E-state index in [1.165, 1.54) is 11.1 Å². The summed E-state index contributed by atoms with van der Waals surface area (Å²) >= 11 is 0. The van der Waals surface area contributed by atoms with Crippen molar-refractivity contribution in [3.05, 3.63) is 29.3 Å². The van der Waals surface area contributed by atoms with Crippen molar-refractivity contribution in [3.63, 3.8) is 0 Å². The molecule has 0 heterocycles. The van der Waals surface area contributed by atoms with Crippen LogP contribution in [0.4, 0.5) is 0 Å². The van der Waals surface area contributed by atoms with Crippen molar-refractivity contribution in [1.29, 1.82) is 0 Å². The van der Waals surface area contributed by atoms with Gasteiger partial charge in [0.15, 0.2) is 0 Å². The minimum Gasteiger partial charge on any atom is -0.493 e. The number of aryl methyl sites for hydroxylation is 1. The third-order valence-electron chi connectivity index (χ3n) is 2.62. The van der Waals surface area contributed by atoms with Crippen LogP contribution in [0.3, 0.4) is 0 Å². The van der Waals surface area contributed by atoms with E-state index in [0.29, 0.717) is 25.4 Å². The van der Waals surface area contributed by atoms with Gasteiger partial charge in [-0.15, -0.1) is 0 Å². The Labute approximate surface area is 103 Å². The van der Waals surface area contributed by atoms with E-state index in [1.807, 2.05) is 13.0 Å². The van der Waals surface area contributed by atoms with Crippen LogP contribution < -0.4 is 10.5 Å². The first-order valence-electron chi connectivity index (χ1n) is 6.02. The summed E-state index contributed by atoms with van der Waals surface area (Å²) in [5.74, 6) is 1.08. The molecule has 0 atom stereocenters. The topological polar surface area (TPSA) is 52.3 Å². The van der Waals surface area contributed by atoms with E-state index in [2.05, 4.69) is 26.0 Å². The van der Waals surface area contributed by atoms with Crippen molar-refractivity contribution in [1.82, 2.24) is 0 Å². The number of benzene rings is 1. The maximum absolute atomic E-state index is 10.6. The second kappa shape index (κ2) is 6.28. The predicted octanol–water partition coefficient (Wildman–Crippen LogP) is 2.76. The molecule has 0 radical (unpaired) electrons. The minimum absolute atomic E-state index is 0.276. The first kappa shape index (κ1) is 13.6. The molecule has 2 N–H and O–H groups in total. The van der Waals surface area contributed by atoms with E-state index < -0.39 is 0 Å². The maximum Gasteiger partial charge on any atom is 0.217 e. The molecule has 0 spiro atoms. The van der Waals surface area contributed by atoms with Gasteiger partial charge in [0.25, 0.3) is 0 Å². The number of ether oxygens (including phenoxy) is 1. The lowest BCUT2D eigenvalue weighted by Gasteiger charge is -2.14. The van der Waals surface area contributed by atoms with E-state index in [0.717, 1.165) is 5.75 Å². The Morgan fingerprint density at radius 1 is 1.41 bits per heavy atom. The van der Waals surface area contributed by atoms with Gasteiger partial charge in [-0.05, 0) is 36.5 Å². The molecule has 0 unspecified atom stereocenters. The molecule has 0 saturated heterocycles. The summed E-state index contributed by atoms with van der Waals surface area (Å²) < 4.78 is 5.72. The van der Waals surface area contributed by atoms with Crippen molar-refractivity contribution < 1.29 is 9.53 Å². The second-order valence-electron chi connectivity index (χ2n) is 4.61. The summed E-state index contributed by atoms with van der Waals surface area (Å²) in [7, 11) is 0. The first-order chi connectivity index (χ1) is 8.00.